The highest BCUT2D eigenvalue weighted by Gasteiger charge is 2.41. The van der Waals surface area contributed by atoms with Gasteiger partial charge in [0, 0.05) is 25.3 Å². The van der Waals surface area contributed by atoms with Gasteiger partial charge in [-0.15, -0.1) is 0 Å². The van der Waals surface area contributed by atoms with Crippen molar-refractivity contribution in [2.75, 3.05) is 44.6 Å². The van der Waals surface area contributed by atoms with Crippen molar-refractivity contribution in [3.63, 3.8) is 0 Å². The molecule has 1 unspecified atom stereocenters. The maximum absolute atomic E-state index is 13.4. The number of benzene rings is 2. The van der Waals surface area contributed by atoms with Crippen LogP contribution < -0.4 is 20.7 Å². The molecule has 190 valence electrons. The summed E-state index contributed by atoms with van der Waals surface area (Å²) in [6.07, 6.45) is 5.96. The Balaban J connectivity index is 1.43. The molecule has 2 aliphatic heterocycles. The van der Waals surface area contributed by atoms with Gasteiger partial charge in [0.2, 0.25) is 11.8 Å². The third-order valence-corrected chi connectivity index (χ3v) is 6.68. The molecule has 0 radical (unpaired) electrons. The van der Waals surface area contributed by atoms with E-state index in [2.05, 4.69) is 20.9 Å². The fraction of sp³-hybridized carbons (Fsp3) is 0.393. The molecule has 0 saturated carbocycles. The Morgan fingerprint density at radius 2 is 1.83 bits per heavy atom. The number of amides is 3. The number of para-hydroxylation sites is 1. The minimum Gasteiger partial charge on any atom is -0.489 e. The molecule has 8 nitrogen and oxygen atoms in total. The zero-order valence-electron chi connectivity index (χ0n) is 20.7. The highest BCUT2D eigenvalue weighted by atomic mass is 16.5. The molecule has 1 atom stereocenters. The van der Waals surface area contributed by atoms with E-state index in [1.807, 2.05) is 49.4 Å². The lowest BCUT2D eigenvalue weighted by Crippen LogP contribution is -2.53. The van der Waals surface area contributed by atoms with Gasteiger partial charge < -0.3 is 20.7 Å². The van der Waals surface area contributed by atoms with Gasteiger partial charge in [0.25, 0.3) is 5.91 Å². The summed E-state index contributed by atoms with van der Waals surface area (Å²) in [5, 5.41) is 8.81. The molecule has 1 spiro atoms. The SMILES string of the molecule is Cc1ccc(NC(=O)CN2CCCC3(C/C=C\COc4ccccc4C(=O)NCCNC3=O)C2)cc1. The monoisotopic (exact) mass is 490 g/mol. The van der Waals surface area contributed by atoms with E-state index in [4.69, 9.17) is 4.74 Å². The van der Waals surface area contributed by atoms with Gasteiger partial charge in [-0.3, -0.25) is 19.3 Å². The number of allylic oxidation sites excluding steroid dienone is 1. The first-order chi connectivity index (χ1) is 17.4. The van der Waals surface area contributed by atoms with Crippen LogP contribution in [0.5, 0.6) is 5.75 Å². The average Bonchev–Trinajstić information content (AvgIpc) is 2.87. The van der Waals surface area contributed by atoms with Gasteiger partial charge in [-0.25, -0.2) is 0 Å². The van der Waals surface area contributed by atoms with E-state index < -0.39 is 5.41 Å². The maximum Gasteiger partial charge on any atom is 0.255 e. The number of carbonyl (C=O) groups excluding carboxylic acids is 3. The number of ether oxygens (including phenoxy) is 1. The first-order valence-electron chi connectivity index (χ1n) is 12.5. The van der Waals surface area contributed by atoms with Crippen LogP contribution in [0, 0.1) is 12.3 Å². The largest absolute Gasteiger partial charge is 0.489 e. The van der Waals surface area contributed by atoms with Crippen molar-refractivity contribution in [2.24, 2.45) is 5.41 Å². The van der Waals surface area contributed by atoms with Crippen LogP contribution in [0.1, 0.15) is 35.2 Å². The van der Waals surface area contributed by atoms with Gasteiger partial charge in [0.15, 0.2) is 0 Å². The highest BCUT2D eigenvalue weighted by molar-refractivity contribution is 5.97. The summed E-state index contributed by atoms with van der Waals surface area (Å²) in [7, 11) is 0. The van der Waals surface area contributed by atoms with Crippen molar-refractivity contribution in [3.8, 4) is 5.75 Å². The molecule has 2 aromatic carbocycles. The lowest BCUT2D eigenvalue weighted by Gasteiger charge is -2.41. The number of piperidine rings is 1. The van der Waals surface area contributed by atoms with Crippen molar-refractivity contribution in [3.05, 3.63) is 71.8 Å². The number of likely N-dealkylation sites (tertiary alicyclic amines) is 1. The van der Waals surface area contributed by atoms with Crippen LogP contribution in [0.15, 0.2) is 60.7 Å². The fourth-order valence-electron chi connectivity index (χ4n) is 4.78. The first kappa shape index (κ1) is 25.4. The number of rotatable bonds is 3. The van der Waals surface area contributed by atoms with E-state index >= 15 is 0 Å². The van der Waals surface area contributed by atoms with Gasteiger partial charge in [0.1, 0.15) is 12.4 Å². The van der Waals surface area contributed by atoms with E-state index in [0.29, 0.717) is 44.0 Å². The van der Waals surface area contributed by atoms with Gasteiger partial charge in [0.05, 0.1) is 17.5 Å². The fourth-order valence-corrected chi connectivity index (χ4v) is 4.78. The topological polar surface area (TPSA) is 99.8 Å². The number of carbonyl (C=O) groups is 3. The number of hydrogen-bond acceptors (Lipinski definition) is 5. The van der Waals surface area contributed by atoms with Crippen molar-refractivity contribution < 1.29 is 19.1 Å². The van der Waals surface area contributed by atoms with E-state index in [9.17, 15) is 14.4 Å². The van der Waals surface area contributed by atoms with Crippen molar-refractivity contribution >= 4 is 23.4 Å². The smallest absolute Gasteiger partial charge is 0.255 e. The van der Waals surface area contributed by atoms with Crippen LogP contribution in [0.4, 0.5) is 5.69 Å². The predicted molar refractivity (Wildman–Crippen MR) is 139 cm³/mol. The molecule has 3 N–H and O–H groups in total. The molecule has 2 aliphatic rings. The summed E-state index contributed by atoms with van der Waals surface area (Å²) >= 11 is 0. The molecule has 2 aromatic rings. The number of nitrogens with zero attached hydrogens (tertiary/aromatic N) is 1. The Morgan fingerprint density at radius 1 is 1.06 bits per heavy atom. The third-order valence-electron chi connectivity index (χ3n) is 6.68. The second-order valence-corrected chi connectivity index (χ2v) is 9.50. The van der Waals surface area contributed by atoms with Crippen molar-refractivity contribution in [2.45, 2.75) is 26.2 Å². The summed E-state index contributed by atoms with van der Waals surface area (Å²) in [6, 6.07) is 14.8. The van der Waals surface area contributed by atoms with E-state index in [1.165, 1.54) is 0 Å². The molecular weight excluding hydrogens is 456 g/mol. The number of nitrogens with one attached hydrogen (secondary N) is 3. The van der Waals surface area contributed by atoms with Crippen molar-refractivity contribution in [1.29, 1.82) is 0 Å². The Bertz CT molecular complexity index is 1110. The van der Waals surface area contributed by atoms with Crippen LogP contribution in [0.25, 0.3) is 0 Å². The molecule has 1 saturated heterocycles. The molecule has 0 bridgehead atoms. The summed E-state index contributed by atoms with van der Waals surface area (Å²) in [5.74, 6) is 0.142. The molecule has 0 aromatic heterocycles. The number of hydrogen-bond donors (Lipinski definition) is 3. The van der Waals surface area contributed by atoms with Gasteiger partial charge >= 0.3 is 0 Å². The summed E-state index contributed by atoms with van der Waals surface area (Å²) < 4.78 is 5.83. The molecule has 1 fully saturated rings. The molecule has 2 heterocycles. The average molecular weight is 491 g/mol. The highest BCUT2D eigenvalue weighted by Crippen LogP contribution is 2.34. The Labute approximate surface area is 212 Å². The Kier molecular flexibility index (Phi) is 8.38. The van der Waals surface area contributed by atoms with Crippen molar-refractivity contribution in [1.82, 2.24) is 15.5 Å². The number of fused-ring (bicyclic) bond motifs is 1. The lowest BCUT2D eigenvalue weighted by atomic mass is 9.76. The lowest BCUT2D eigenvalue weighted by molar-refractivity contribution is -0.135. The second kappa shape index (κ2) is 11.9. The molecule has 4 rings (SSSR count). The first-order valence-corrected chi connectivity index (χ1v) is 12.5. The Hall–Kier alpha value is -3.65. The van der Waals surface area contributed by atoms with Crippen LogP contribution >= 0.6 is 0 Å². The zero-order chi connectivity index (χ0) is 25.4. The van der Waals surface area contributed by atoms with E-state index in [0.717, 1.165) is 30.6 Å². The second-order valence-electron chi connectivity index (χ2n) is 9.50. The van der Waals surface area contributed by atoms with Crippen LogP contribution in [0.2, 0.25) is 0 Å². The Morgan fingerprint density at radius 3 is 2.67 bits per heavy atom. The predicted octanol–water partition coefficient (Wildman–Crippen LogP) is 2.90. The number of anilines is 1. The molecule has 3 amide bonds. The summed E-state index contributed by atoms with van der Waals surface area (Å²) in [5.41, 5.74) is 1.72. The summed E-state index contributed by atoms with van der Waals surface area (Å²) in [6.45, 7) is 4.41. The van der Waals surface area contributed by atoms with E-state index in [1.54, 1.807) is 18.2 Å². The standard InChI is InChI=1S/C28H34N4O4/c1-21-9-11-22(12-10-21)31-25(33)19-32-17-6-14-28(20-32)13-4-5-18-36-24-8-3-2-7-23(24)26(34)29-15-16-30-27(28)35/h2-5,7-12H,6,13-20H2,1H3,(H,29,34)(H,30,35)(H,31,33)/b5-4-. The zero-order valence-corrected chi connectivity index (χ0v) is 20.7. The van der Waals surface area contributed by atoms with Gasteiger partial charge in [-0.1, -0.05) is 42.0 Å². The molecule has 36 heavy (non-hydrogen) atoms. The number of aryl methyl sites for hydroxylation is 1. The van der Waals surface area contributed by atoms with Crippen LogP contribution in [0.3, 0.4) is 0 Å². The minimum atomic E-state index is -0.648. The minimum absolute atomic E-state index is 0.0524. The van der Waals surface area contributed by atoms with E-state index in [-0.39, 0.29) is 24.3 Å². The quantitative estimate of drug-likeness (QED) is 0.575. The molecule has 8 heteroatoms. The molecule has 0 aliphatic carbocycles. The third kappa shape index (κ3) is 6.51. The van der Waals surface area contributed by atoms with Gasteiger partial charge in [-0.05, 0) is 57.0 Å². The summed E-state index contributed by atoms with van der Waals surface area (Å²) in [4.78, 5) is 40.7. The van der Waals surface area contributed by atoms with Crippen LogP contribution in [-0.2, 0) is 9.59 Å². The maximum atomic E-state index is 13.4. The molecular formula is C28H34N4O4. The normalized spacial score (nSPS) is 22.4. The van der Waals surface area contributed by atoms with Gasteiger partial charge in [-0.2, -0.15) is 0 Å². The van der Waals surface area contributed by atoms with Crippen LogP contribution in [-0.4, -0.2) is 62.0 Å².